The highest BCUT2D eigenvalue weighted by Crippen LogP contribution is 2.44. The summed E-state index contributed by atoms with van der Waals surface area (Å²) in [5.41, 5.74) is -3.49. The average molecular weight is 321 g/mol. The van der Waals surface area contributed by atoms with E-state index in [1.165, 1.54) is 20.3 Å². The molecule has 1 aliphatic rings. The molecule has 7 heteroatoms. The summed E-state index contributed by atoms with van der Waals surface area (Å²) >= 11 is -0.188. The third-order valence-corrected chi connectivity index (χ3v) is 4.19. The molecule has 0 radical (unpaired) electrons. The van der Waals surface area contributed by atoms with Gasteiger partial charge in [-0.3, -0.25) is 0 Å². The Hall–Kier alpha value is -1.08. The molecule has 1 aliphatic heterocycles. The van der Waals surface area contributed by atoms with Gasteiger partial charge in [0.15, 0.2) is 0 Å². The molecule has 0 spiro atoms. The van der Waals surface area contributed by atoms with E-state index in [1.807, 2.05) is 0 Å². The van der Waals surface area contributed by atoms with E-state index in [2.05, 4.69) is 5.32 Å². The van der Waals surface area contributed by atoms with Gasteiger partial charge in [0.25, 0.3) is 0 Å². The zero-order valence-corrected chi connectivity index (χ0v) is 12.7. The summed E-state index contributed by atoms with van der Waals surface area (Å²) in [5.74, 6) is 0.697. The second-order valence-corrected chi connectivity index (χ2v) is 5.97. The van der Waals surface area contributed by atoms with Crippen LogP contribution in [0.4, 0.5) is 13.2 Å². The lowest BCUT2D eigenvalue weighted by Gasteiger charge is -2.17. The number of ether oxygens (including phenoxy) is 2. The van der Waals surface area contributed by atoms with Crippen molar-refractivity contribution in [2.75, 3.05) is 20.8 Å². The molecule has 1 saturated heterocycles. The number of hydrogen-bond donors (Lipinski definition) is 1. The van der Waals surface area contributed by atoms with Crippen LogP contribution in [0.25, 0.3) is 0 Å². The van der Waals surface area contributed by atoms with Crippen LogP contribution in [0.2, 0.25) is 0 Å². The maximum atomic E-state index is 12.6. The average Bonchev–Trinajstić information content (AvgIpc) is 2.91. The lowest BCUT2D eigenvalue weighted by molar-refractivity contribution is -0.0328. The van der Waals surface area contributed by atoms with Gasteiger partial charge in [0.05, 0.1) is 19.1 Å². The molecule has 1 unspecified atom stereocenters. The van der Waals surface area contributed by atoms with Crippen molar-refractivity contribution in [1.82, 2.24) is 5.32 Å². The third kappa shape index (κ3) is 4.44. The SMILES string of the molecule is COc1cc(SC(F)(F)F)c(OC)cc1CC1CCCN1. The highest BCUT2D eigenvalue weighted by Gasteiger charge is 2.31. The number of hydrogen-bond acceptors (Lipinski definition) is 4. The Morgan fingerprint density at radius 1 is 1.24 bits per heavy atom. The van der Waals surface area contributed by atoms with E-state index in [1.54, 1.807) is 6.07 Å². The quantitative estimate of drug-likeness (QED) is 0.839. The second-order valence-electron chi connectivity index (χ2n) is 4.86. The van der Waals surface area contributed by atoms with Gasteiger partial charge in [-0.25, -0.2) is 0 Å². The first-order chi connectivity index (χ1) is 9.93. The van der Waals surface area contributed by atoms with E-state index in [0.717, 1.165) is 31.4 Å². The molecule has 1 N–H and O–H groups in total. The van der Waals surface area contributed by atoms with E-state index >= 15 is 0 Å². The van der Waals surface area contributed by atoms with Crippen molar-refractivity contribution in [2.24, 2.45) is 0 Å². The Labute approximate surface area is 126 Å². The molecule has 118 valence electrons. The smallest absolute Gasteiger partial charge is 0.446 e. The topological polar surface area (TPSA) is 30.5 Å². The van der Waals surface area contributed by atoms with Gasteiger partial charge >= 0.3 is 5.51 Å². The number of nitrogens with one attached hydrogen (secondary N) is 1. The van der Waals surface area contributed by atoms with Crippen LogP contribution in [0.5, 0.6) is 11.5 Å². The molecule has 1 aromatic rings. The number of benzene rings is 1. The Balaban J connectivity index is 2.28. The van der Waals surface area contributed by atoms with E-state index in [-0.39, 0.29) is 22.4 Å². The van der Waals surface area contributed by atoms with Crippen LogP contribution in [0.15, 0.2) is 17.0 Å². The van der Waals surface area contributed by atoms with Crippen LogP contribution >= 0.6 is 11.8 Å². The van der Waals surface area contributed by atoms with Crippen molar-refractivity contribution in [2.45, 2.75) is 35.7 Å². The molecule has 2 rings (SSSR count). The zero-order chi connectivity index (χ0) is 15.5. The fourth-order valence-corrected chi connectivity index (χ4v) is 3.15. The molecule has 3 nitrogen and oxygen atoms in total. The molecule has 0 amide bonds. The molecule has 1 fully saturated rings. The molecule has 0 aliphatic carbocycles. The van der Waals surface area contributed by atoms with Crippen molar-refractivity contribution in [1.29, 1.82) is 0 Å². The van der Waals surface area contributed by atoms with Crippen molar-refractivity contribution in [3.63, 3.8) is 0 Å². The summed E-state index contributed by atoms with van der Waals surface area (Å²) in [4.78, 5) is 0.0185. The molecular weight excluding hydrogens is 303 g/mol. The fraction of sp³-hybridized carbons (Fsp3) is 0.571. The van der Waals surface area contributed by atoms with Crippen LogP contribution in [-0.4, -0.2) is 32.3 Å². The predicted molar refractivity (Wildman–Crippen MR) is 76.2 cm³/mol. The Morgan fingerprint density at radius 3 is 2.48 bits per heavy atom. The lowest BCUT2D eigenvalue weighted by Crippen LogP contribution is -2.23. The molecule has 1 heterocycles. The maximum Gasteiger partial charge on any atom is 0.446 e. The Kier molecular flexibility index (Phi) is 5.27. The number of alkyl halides is 3. The summed E-state index contributed by atoms with van der Waals surface area (Å²) in [6.07, 6.45) is 2.90. The van der Waals surface area contributed by atoms with Crippen molar-refractivity contribution >= 4 is 11.8 Å². The molecule has 21 heavy (non-hydrogen) atoms. The molecule has 1 aromatic carbocycles. The van der Waals surface area contributed by atoms with E-state index in [4.69, 9.17) is 9.47 Å². The highest BCUT2D eigenvalue weighted by molar-refractivity contribution is 8.00. The number of thioether (sulfide) groups is 1. The maximum absolute atomic E-state index is 12.6. The number of methoxy groups -OCH3 is 2. The monoisotopic (exact) mass is 321 g/mol. The first-order valence-corrected chi connectivity index (χ1v) is 7.48. The summed E-state index contributed by atoms with van der Waals surface area (Å²) < 4.78 is 48.1. The van der Waals surface area contributed by atoms with Crippen LogP contribution in [0, 0.1) is 0 Å². The van der Waals surface area contributed by atoms with Gasteiger partial charge < -0.3 is 14.8 Å². The standard InChI is InChI=1S/C14H18F3NO2S/c1-19-11-8-13(21-14(15,16)17)12(20-2)7-9(11)6-10-4-3-5-18-10/h7-8,10,18H,3-6H2,1-2H3. The van der Waals surface area contributed by atoms with Gasteiger partial charge in [0.2, 0.25) is 0 Å². The minimum absolute atomic E-state index is 0.0185. The van der Waals surface area contributed by atoms with Crippen LogP contribution in [-0.2, 0) is 6.42 Å². The van der Waals surface area contributed by atoms with E-state index in [9.17, 15) is 13.2 Å². The number of rotatable bonds is 5. The van der Waals surface area contributed by atoms with Crippen LogP contribution in [0.3, 0.4) is 0 Å². The molecule has 0 aromatic heterocycles. The fourth-order valence-electron chi connectivity index (χ4n) is 2.49. The minimum Gasteiger partial charge on any atom is -0.496 e. The van der Waals surface area contributed by atoms with Crippen LogP contribution in [0.1, 0.15) is 18.4 Å². The summed E-state index contributed by atoms with van der Waals surface area (Å²) in [6, 6.07) is 3.39. The van der Waals surface area contributed by atoms with Crippen molar-refractivity contribution < 1.29 is 22.6 Å². The van der Waals surface area contributed by atoms with Crippen LogP contribution < -0.4 is 14.8 Å². The Morgan fingerprint density at radius 2 is 1.95 bits per heavy atom. The van der Waals surface area contributed by atoms with Gasteiger partial charge in [-0.2, -0.15) is 13.2 Å². The zero-order valence-electron chi connectivity index (χ0n) is 11.9. The predicted octanol–water partition coefficient (Wildman–Crippen LogP) is 3.61. The van der Waals surface area contributed by atoms with E-state index < -0.39 is 5.51 Å². The summed E-state index contributed by atoms with van der Waals surface area (Å²) in [7, 11) is 2.84. The van der Waals surface area contributed by atoms with Gasteiger partial charge in [-0.05, 0) is 55.3 Å². The first kappa shape index (κ1) is 16.3. The van der Waals surface area contributed by atoms with E-state index in [0.29, 0.717) is 11.8 Å². The van der Waals surface area contributed by atoms with Gasteiger partial charge in [-0.1, -0.05) is 0 Å². The van der Waals surface area contributed by atoms with Crippen molar-refractivity contribution in [3.8, 4) is 11.5 Å². The Bertz CT molecular complexity index is 488. The second kappa shape index (κ2) is 6.79. The van der Waals surface area contributed by atoms with Gasteiger partial charge in [0.1, 0.15) is 11.5 Å². The van der Waals surface area contributed by atoms with Gasteiger partial charge in [-0.15, -0.1) is 0 Å². The normalized spacial score (nSPS) is 18.8. The molecule has 0 saturated carbocycles. The largest absolute Gasteiger partial charge is 0.496 e. The van der Waals surface area contributed by atoms with Crippen molar-refractivity contribution in [3.05, 3.63) is 17.7 Å². The van der Waals surface area contributed by atoms with Gasteiger partial charge in [0, 0.05) is 6.04 Å². The summed E-state index contributed by atoms with van der Waals surface area (Å²) in [6.45, 7) is 0.978. The highest BCUT2D eigenvalue weighted by atomic mass is 32.2. The molecule has 1 atom stereocenters. The third-order valence-electron chi connectivity index (χ3n) is 3.42. The lowest BCUT2D eigenvalue weighted by atomic mass is 10.0. The first-order valence-electron chi connectivity index (χ1n) is 6.67. The number of halogens is 3. The molecule has 0 bridgehead atoms. The summed E-state index contributed by atoms with van der Waals surface area (Å²) in [5, 5.41) is 3.37. The molecular formula is C14H18F3NO2S. The minimum atomic E-state index is -4.35.